The van der Waals surface area contributed by atoms with Gasteiger partial charge in [-0.15, -0.1) is 0 Å². The third kappa shape index (κ3) is 3.61. The second-order valence-electron chi connectivity index (χ2n) is 5.33. The summed E-state index contributed by atoms with van der Waals surface area (Å²) in [5, 5.41) is 4.79. The van der Waals surface area contributed by atoms with Gasteiger partial charge in [0.15, 0.2) is 0 Å². The van der Waals surface area contributed by atoms with Gasteiger partial charge in [0.25, 0.3) is 0 Å². The molecule has 1 rings (SSSR count). The molecule has 0 bridgehead atoms. The van der Waals surface area contributed by atoms with E-state index in [0.29, 0.717) is 11.1 Å². The SMILES string of the molecule is CNC(Cc1ccc(Cl)cc1Cl)C(C)(C)N(C)C. The third-order valence-corrected chi connectivity index (χ3v) is 4.38. The summed E-state index contributed by atoms with van der Waals surface area (Å²) < 4.78 is 0. The van der Waals surface area contributed by atoms with Gasteiger partial charge in [-0.3, -0.25) is 0 Å². The smallest absolute Gasteiger partial charge is 0.0453 e. The molecule has 0 radical (unpaired) electrons. The van der Waals surface area contributed by atoms with Crippen LogP contribution in [-0.2, 0) is 6.42 Å². The van der Waals surface area contributed by atoms with Crippen LogP contribution in [0.15, 0.2) is 18.2 Å². The maximum absolute atomic E-state index is 6.23. The van der Waals surface area contributed by atoms with Crippen molar-refractivity contribution >= 4 is 23.2 Å². The zero-order valence-electron chi connectivity index (χ0n) is 11.7. The summed E-state index contributed by atoms with van der Waals surface area (Å²) in [5.74, 6) is 0. The Morgan fingerprint density at radius 3 is 2.33 bits per heavy atom. The molecule has 0 amide bonds. The van der Waals surface area contributed by atoms with Crippen molar-refractivity contribution in [3.05, 3.63) is 33.8 Å². The van der Waals surface area contributed by atoms with Gasteiger partial charge in [-0.05, 0) is 59.1 Å². The second kappa shape index (κ2) is 6.25. The first-order valence-corrected chi connectivity index (χ1v) is 6.83. The largest absolute Gasteiger partial charge is 0.315 e. The fourth-order valence-electron chi connectivity index (χ4n) is 1.92. The maximum Gasteiger partial charge on any atom is 0.0453 e. The lowest BCUT2D eigenvalue weighted by atomic mass is 9.88. The summed E-state index contributed by atoms with van der Waals surface area (Å²) in [5.41, 5.74) is 1.16. The highest BCUT2D eigenvalue weighted by Gasteiger charge is 2.30. The molecule has 0 heterocycles. The molecule has 0 fully saturated rings. The predicted molar refractivity (Wildman–Crippen MR) is 80.8 cm³/mol. The van der Waals surface area contributed by atoms with Crippen LogP contribution in [0.2, 0.25) is 10.0 Å². The van der Waals surface area contributed by atoms with Gasteiger partial charge >= 0.3 is 0 Å². The van der Waals surface area contributed by atoms with Gasteiger partial charge < -0.3 is 10.2 Å². The van der Waals surface area contributed by atoms with Crippen LogP contribution in [0.25, 0.3) is 0 Å². The molecule has 1 N–H and O–H groups in total. The Labute approximate surface area is 120 Å². The fraction of sp³-hybridized carbons (Fsp3) is 0.571. The summed E-state index contributed by atoms with van der Waals surface area (Å²) in [6.45, 7) is 4.44. The van der Waals surface area contributed by atoms with Crippen molar-refractivity contribution in [3.63, 3.8) is 0 Å². The van der Waals surface area contributed by atoms with E-state index in [-0.39, 0.29) is 5.54 Å². The standard InChI is InChI=1S/C14H22Cl2N2/c1-14(2,18(4)5)13(17-3)8-10-6-7-11(15)9-12(10)16/h6-7,9,13,17H,8H2,1-5H3. The molecule has 102 valence electrons. The Balaban J connectivity index is 2.93. The molecule has 0 aliphatic rings. The van der Waals surface area contributed by atoms with Gasteiger partial charge in [0, 0.05) is 21.6 Å². The van der Waals surface area contributed by atoms with Crippen molar-refractivity contribution in [2.45, 2.75) is 31.8 Å². The quantitative estimate of drug-likeness (QED) is 0.893. The molecule has 0 aliphatic carbocycles. The summed E-state index contributed by atoms with van der Waals surface area (Å²) in [6, 6.07) is 6.00. The van der Waals surface area contributed by atoms with Crippen LogP contribution in [-0.4, -0.2) is 37.6 Å². The molecule has 4 heteroatoms. The zero-order chi connectivity index (χ0) is 13.9. The highest BCUT2D eigenvalue weighted by atomic mass is 35.5. The molecule has 0 aliphatic heterocycles. The van der Waals surface area contributed by atoms with E-state index < -0.39 is 0 Å². The topological polar surface area (TPSA) is 15.3 Å². The van der Waals surface area contributed by atoms with E-state index >= 15 is 0 Å². The number of rotatable bonds is 5. The molecule has 0 aromatic heterocycles. The molecular formula is C14H22Cl2N2. The molecule has 1 aromatic rings. The monoisotopic (exact) mass is 288 g/mol. The van der Waals surface area contributed by atoms with Crippen molar-refractivity contribution in [3.8, 4) is 0 Å². The molecule has 1 aromatic carbocycles. The molecule has 1 unspecified atom stereocenters. The molecule has 0 saturated carbocycles. The van der Waals surface area contributed by atoms with Crippen molar-refractivity contribution in [1.29, 1.82) is 0 Å². The molecule has 1 atom stereocenters. The van der Waals surface area contributed by atoms with Crippen molar-refractivity contribution in [2.24, 2.45) is 0 Å². The average Bonchev–Trinajstić information content (AvgIpc) is 2.27. The summed E-state index contributed by atoms with van der Waals surface area (Å²) >= 11 is 12.2. The number of halogens is 2. The van der Waals surface area contributed by atoms with E-state index in [9.17, 15) is 0 Å². The Morgan fingerprint density at radius 2 is 1.89 bits per heavy atom. The van der Waals surface area contributed by atoms with Gasteiger partial charge in [0.1, 0.15) is 0 Å². The van der Waals surface area contributed by atoms with Gasteiger partial charge in [-0.2, -0.15) is 0 Å². The summed E-state index contributed by atoms with van der Waals surface area (Å²) in [4.78, 5) is 2.22. The highest BCUT2D eigenvalue weighted by Crippen LogP contribution is 2.25. The van der Waals surface area contributed by atoms with Crippen molar-refractivity contribution in [2.75, 3.05) is 21.1 Å². The average molecular weight is 289 g/mol. The lowest BCUT2D eigenvalue weighted by Crippen LogP contribution is -2.55. The Morgan fingerprint density at radius 1 is 1.28 bits per heavy atom. The van der Waals surface area contributed by atoms with Crippen LogP contribution in [0, 0.1) is 0 Å². The van der Waals surface area contributed by atoms with E-state index in [2.05, 4.69) is 38.2 Å². The Hall–Kier alpha value is -0.280. The number of hydrogen-bond donors (Lipinski definition) is 1. The van der Waals surface area contributed by atoms with Crippen LogP contribution >= 0.6 is 23.2 Å². The first-order valence-electron chi connectivity index (χ1n) is 6.07. The lowest BCUT2D eigenvalue weighted by molar-refractivity contribution is 0.141. The first-order chi connectivity index (χ1) is 8.28. The number of hydrogen-bond acceptors (Lipinski definition) is 2. The Bertz CT molecular complexity index is 403. The number of nitrogens with zero attached hydrogens (tertiary/aromatic N) is 1. The minimum Gasteiger partial charge on any atom is -0.315 e. The van der Waals surface area contributed by atoms with E-state index in [4.69, 9.17) is 23.2 Å². The second-order valence-corrected chi connectivity index (χ2v) is 6.17. The van der Waals surface area contributed by atoms with Crippen LogP contribution in [0.1, 0.15) is 19.4 Å². The van der Waals surface area contributed by atoms with Gasteiger partial charge in [0.2, 0.25) is 0 Å². The summed E-state index contributed by atoms with van der Waals surface area (Å²) in [6.07, 6.45) is 0.873. The molecule has 2 nitrogen and oxygen atoms in total. The van der Waals surface area contributed by atoms with Crippen LogP contribution < -0.4 is 5.32 Å². The minimum absolute atomic E-state index is 0.0394. The number of benzene rings is 1. The van der Waals surface area contributed by atoms with E-state index in [1.807, 2.05) is 19.2 Å². The maximum atomic E-state index is 6.23. The van der Waals surface area contributed by atoms with Crippen LogP contribution in [0.3, 0.4) is 0 Å². The van der Waals surface area contributed by atoms with Crippen molar-refractivity contribution < 1.29 is 0 Å². The number of nitrogens with one attached hydrogen (secondary N) is 1. The highest BCUT2D eigenvalue weighted by molar-refractivity contribution is 6.35. The first kappa shape index (κ1) is 15.8. The van der Waals surface area contributed by atoms with E-state index in [0.717, 1.165) is 17.0 Å². The van der Waals surface area contributed by atoms with Gasteiger partial charge in [-0.25, -0.2) is 0 Å². The number of likely N-dealkylation sites (N-methyl/N-ethyl adjacent to an activating group) is 2. The summed E-state index contributed by atoms with van der Waals surface area (Å²) in [7, 11) is 6.17. The van der Waals surface area contributed by atoms with E-state index in [1.54, 1.807) is 6.07 Å². The van der Waals surface area contributed by atoms with Gasteiger partial charge in [0.05, 0.1) is 0 Å². The lowest BCUT2D eigenvalue weighted by Gasteiger charge is -2.40. The van der Waals surface area contributed by atoms with Crippen molar-refractivity contribution in [1.82, 2.24) is 10.2 Å². The van der Waals surface area contributed by atoms with Crippen LogP contribution in [0.4, 0.5) is 0 Å². The van der Waals surface area contributed by atoms with E-state index in [1.165, 1.54) is 0 Å². The molecular weight excluding hydrogens is 267 g/mol. The fourth-order valence-corrected chi connectivity index (χ4v) is 2.41. The van der Waals surface area contributed by atoms with Gasteiger partial charge in [-0.1, -0.05) is 29.3 Å². The molecule has 0 spiro atoms. The normalized spacial score (nSPS) is 14.0. The van der Waals surface area contributed by atoms with Crippen LogP contribution in [0.5, 0.6) is 0 Å². The zero-order valence-corrected chi connectivity index (χ0v) is 13.2. The predicted octanol–water partition coefficient (Wildman–Crippen LogP) is 3.46. The minimum atomic E-state index is 0.0394. The molecule has 0 saturated heterocycles. The Kier molecular flexibility index (Phi) is 5.47. The third-order valence-electron chi connectivity index (χ3n) is 3.79. The molecule has 18 heavy (non-hydrogen) atoms.